The fourth-order valence-electron chi connectivity index (χ4n) is 8.90. The lowest BCUT2D eigenvalue weighted by atomic mass is 9.63. The highest BCUT2D eigenvalue weighted by atomic mass is 16.1. The normalized spacial score (nSPS) is 15.8. The van der Waals surface area contributed by atoms with E-state index in [1.807, 2.05) is 30.5 Å². The van der Waals surface area contributed by atoms with Crippen LogP contribution < -0.4 is 4.90 Å². The summed E-state index contributed by atoms with van der Waals surface area (Å²) in [6.45, 7) is 4.50. The van der Waals surface area contributed by atoms with Crippen LogP contribution in [0.25, 0.3) is 22.0 Å². The van der Waals surface area contributed by atoms with Crippen molar-refractivity contribution >= 4 is 33.7 Å². The zero-order chi connectivity index (χ0) is 31.5. The number of ketones is 1. The number of para-hydroxylation sites is 3. The summed E-state index contributed by atoms with van der Waals surface area (Å²) in [5, 5.41) is 1.10. The first-order chi connectivity index (χ1) is 23.0. The van der Waals surface area contributed by atoms with Gasteiger partial charge in [0.2, 0.25) is 0 Å². The van der Waals surface area contributed by atoms with E-state index in [1.54, 1.807) is 0 Å². The van der Waals surface area contributed by atoms with E-state index in [9.17, 15) is 4.79 Å². The number of nitrogens with zero attached hydrogens (tertiary/aromatic N) is 2. The summed E-state index contributed by atoms with van der Waals surface area (Å²) in [5.74, 6) is 0.102. The van der Waals surface area contributed by atoms with Crippen molar-refractivity contribution in [2.24, 2.45) is 0 Å². The van der Waals surface area contributed by atoms with Gasteiger partial charge in [0.05, 0.1) is 28.0 Å². The molecule has 0 atom stereocenters. The first kappa shape index (κ1) is 26.4. The minimum atomic E-state index is -0.621. The summed E-state index contributed by atoms with van der Waals surface area (Å²) in [5.41, 5.74) is 14.3. The minimum Gasteiger partial charge on any atom is -0.308 e. The Morgan fingerprint density at radius 2 is 1.06 bits per heavy atom. The molecule has 0 unspecified atom stereocenters. The lowest BCUT2D eigenvalue weighted by Crippen LogP contribution is -2.37. The topological polar surface area (TPSA) is 33.2 Å². The van der Waals surface area contributed by atoms with E-state index in [0.29, 0.717) is 0 Å². The van der Waals surface area contributed by atoms with Crippen molar-refractivity contribution in [3.63, 3.8) is 0 Å². The Labute approximate surface area is 273 Å². The lowest BCUT2D eigenvalue weighted by molar-refractivity contribution is 0.103. The van der Waals surface area contributed by atoms with Gasteiger partial charge in [0.1, 0.15) is 0 Å². The molecule has 3 nitrogen and oxygen atoms in total. The summed E-state index contributed by atoms with van der Waals surface area (Å²) in [7, 11) is 0. The Morgan fingerprint density at radius 3 is 1.81 bits per heavy atom. The van der Waals surface area contributed by atoms with Crippen LogP contribution in [0.4, 0.5) is 17.1 Å². The number of pyridine rings is 1. The van der Waals surface area contributed by atoms with Crippen molar-refractivity contribution < 1.29 is 4.79 Å². The molecule has 6 aromatic carbocycles. The van der Waals surface area contributed by atoms with E-state index >= 15 is 0 Å². The van der Waals surface area contributed by atoms with E-state index < -0.39 is 5.41 Å². The average molecular weight is 603 g/mol. The van der Waals surface area contributed by atoms with Crippen molar-refractivity contribution in [3.05, 3.63) is 190 Å². The predicted molar refractivity (Wildman–Crippen MR) is 189 cm³/mol. The largest absolute Gasteiger partial charge is 0.308 e. The molecule has 0 bridgehead atoms. The van der Waals surface area contributed by atoms with E-state index in [1.165, 1.54) is 27.8 Å². The molecule has 0 saturated carbocycles. The van der Waals surface area contributed by atoms with Gasteiger partial charge >= 0.3 is 0 Å². The minimum absolute atomic E-state index is 0.102. The standard InChI is InChI=1S/C44H30N2O/c1-43(2)32-17-5-4-16-29(32)42(47)31-26-37-30(25-36(31)43)28-15-3-6-18-33(28)44(37)34-19-7-9-21-38(34)46(39-22-10-8-20-35(39)44)40-23-11-13-27-14-12-24-45-41(27)40/h3-26H,1-2H3. The molecule has 3 heteroatoms. The number of anilines is 3. The SMILES string of the molecule is CC1(C)c2ccccc2C(=O)c2cc3c(cc21)-c1ccccc1C31c2ccccc2N(c2cccc3cccnc23)c2ccccc21. The van der Waals surface area contributed by atoms with Gasteiger partial charge in [-0.25, -0.2) is 0 Å². The van der Waals surface area contributed by atoms with Gasteiger partial charge in [0.25, 0.3) is 0 Å². The molecular formula is C44H30N2O. The number of carbonyl (C=O) groups is 1. The average Bonchev–Trinajstić information content (AvgIpc) is 3.40. The van der Waals surface area contributed by atoms with Gasteiger partial charge in [0.15, 0.2) is 5.78 Å². The highest BCUT2D eigenvalue weighted by Gasteiger charge is 2.53. The molecule has 0 radical (unpaired) electrons. The van der Waals surface area contributed by atoms with Crippen molar-refractivity contribution in [1.82, 2.24) is 4.98 Å². The molecule has 222 valence electrons. The third-order valence-electron chi connectivity index (χ3n) is 10.9. The van der Waals surface area contributed by atoms with Crippen molar-refractivity contribution in [1.29, 1.82) is 0 Å². The first-order valence-electron chi connectivity index (χ1n) is 16.3. The number of aromatic nitrogens is 1. The van der Waals surface area contributed by atoms with Crippen LogP contribution in [0.15, 0.2) is 146 Å². The van der Waals surface area contributed by atoms with E-state index in [-0.39, 0.29) is 11.2 Å². The Bertz CT molecular complexity index is 2440. The second kappa shape index (κ2) is 9.14. The molecule has 0 N–H and O–H groups in total. The molecule has 3 aliphatic rings. The number of benzene rings is 6. The molecule has 2 heterocycles. The van der Waals surface area contributed by atoms with Crippen molar-refractivity contribution in [2.45, 2.75) is 24.7 Å². The van der Waals surface area contributed by atoms with E-state index in [4.69, 9.17) is 4.98 Å². The maximum atomic E-state index is 14.4. The number of hydrogen-bond donors (Lipinski definition) is 0. The Morgan fingerprint density at radius 1 is 0.489 bits per heavy atom. The third-order valence-corrected chi connectivity index (χ3v) is 10.9. The van der Waals surface area contributed by atoms with Gasteiger partial charge in [0, 0.05) is 28.1 Å². The first-order valence-corrected chi connectivity index (χ1v) is 16.3. The van der Waals surface area contributed by atoms with Crippen molar-refractivity contribution in [3.8, 4) is 11.1 Å². The van der Waals surface area contributed by atoms with Gasteiger partial charge in [-0.15, -0.1) is 0 Å². The second-order valence-corrected chi connectivity index (χ2v) is 13.5. The zero-order valence-electron chi connectivity index (χ0n) is 26.2. The summed E-state index contributed by atoms with van der Waals surface area (Å²) in [4.78, 5) is 21.6. The van der Waals surface area contributed by atoms with Crippen LogP contribution in [0.2, 0.25) is 0 Å². The van der Waals surface area contributed by atoms with Gasteiger partial charge in [-0.3, -0.25) is 9.78 Å². The Kier molecular flexibility index (Phi) is 5.14. The van der Waals surface area contributed by atoms with Gasteiger partial charge in [-0.05, 0) is 80.9 Å². The van der Waals surface area contributed by atoms with Crippen LogP contribution in [0.3, 0.4) is 0 Å². The van der Waals surface area contributed by atoms with Crippen LogP contribution in [-0.4, -0.2) is 10.8 Å². The van der Waals surface area contributed by atoms with Gasteiger partial charge in [-0.2, -0.15) is 0 Å². The van der Waals surface area contributed by atoms with Crippen LogP contribution >= 0.6 is 0 Å². The summed E-state index contributed by atoms with van der Waals surface area (Å²) < 4.78 is 0. The zero-order valence-corrected chi connectivity index (χ0v) is 26.2. The van der Waals surface area contributed by atoms with Gasteiger partial charge in [-0.1, -0.05) is 117 Å². The fourth-order valence-corrected chi connectivity index (χ4v) is 8.90. The van der Waals surface area contributed by atoms with E-state index in [2.05, 4.69) is 134 Å². The molecular weight excluding hydrogens is 572 g/mol. The third kappa shape index (κ3) is 3.21. The highest BCUT2D eigenvalue weighted by molar-refractivity contribution is 6.14. The highest BCUT2D eigenvalue weighted by Crippen LogP contribution is 2.64. The molecule has 2 aliphatic carbocycles. The Balaban J connectivity index is 1.33. The summed E-state index contributed by atoms with van der Waals surface area (Å²) >= 11 is 0. The quantitative estimate of drug-likeness (QED) is 0.187. The molecule has 1 aliphatic heterocycles. The number of carbonyl (C=O) groups excluding carboxylic acids is 1. The molecule has 47 heavy (non-hydrogen) atoms. The van der Waals surface area contributed by atoms with Crippen LogP contribution in [0, 0.1) is 0 Å². The number of hydrogen-bond acceptors (Lipinski definition) is 3. The molecule has 1 aromatic heterocycles. The van der Waals surface area contributed by atoms with Crippen LogP contribution in [-0.2, 0) is 10.8 Å². The molecule has 0 amide bonds. The van der Waals surface area contributed by atoms with Crippen LogP contribution in [0.5, 0.6) is 0 Å². The maximum absolute atomic E-state index is 14.4. The fraction of sp³-hybridized carbons (Fsp3) is 0.0909. The van der Waals surface area contributed by atoms with Crippen molar-refractivity contribution in [2.75, 3.05) is 4.90 Å². The van der Waals surface area contributed by atoms with E-state index in [0.717, 1.165) is 55.8 Å². The molecule has 7 aromatic rings. The maximum Gasteiger partial charge on any atom is 0.193 e. The Hall–Kier alpha value is -5.80. The molecule has 0 fully saturated rings. The molecule has 10 rings (SSSR count). The molecule has 0 saturated heterocycles. The predicted octanol–water partition coefficient (Wildman–Crippen LogP) is 10.3. The second-order valence-electron chi connectivity index (χ2n) is 13.5. The smallest absolute Gasteiger partial charge is 0.193 e. The lowest BCUT2D eigenvalue weighted by Gasteiger charge is -2.45. The van der Waals surface area contributed by atoms with Crippen LogP contribution in [0.1, 0.15) is 63.1 Å². The number of rotatable bonds is 1. The van der Waals surface area contributed by atoms with Gasteiger partial charge < -0.3 is 4.90 Å². The monoisotopic (exact) mass is 602 g/mol. The molecule has 1 spiro atoms. The number of fused-ring (bicyclic) bond motifs is 12. The summed E-state index contributed by atoms with van der Waals surface area (Å²) in [6, 6.07) is 49.7. The summed E-state index contributed by atoms with van der Waals surface area (Å²) in [6.07, 6.45) is 1.87.